The van der Waals surface area contributed by atoms with Crippen molar-refractivity contribution in [1.82, 2.24) is 4.31 Å². The number of carbonyl (C=O) groups is 2. The van der Waals surface area contributed by atoms with Crippen molar-refractivity contribution >= 4 is 30.4 Å². The van der Waals surface area contributed by atoms with E-state index in [1.165, 1.54) is 11.2 Å². The molecule has 0 aliphatic heterocycles. The van der Waals surface area contributed by atoms with Crippen LogP contribution < -0.4 is 0 Å². The van der Waals surface area contributed by atoms with Crippen LogP contribution in [0, 0.1) is 6.92 Å². The minimum atomic E-state index is -3.75. The maximum atomic E-state index is 13.2. The van der Waals surface area contributed by atoms with E-state index in [1.54, 1.807) is 24.3 Å². The zero-order valence-corrected chi connectivity index (χ0v) is 20.6. The molecule has 6 nitrogen and oxygen atoms in total. The van der Waals surface area contributed by atoms with Gasteiger partial charge in [0.05, 0.1) is 13.0 Å². The monoisotopic (exact) mass is 453 g/mol. The Balaban J connectivity index is 3.32. The van der Waals surface area contributed by atoms with Crippen molar-refractivity contribution < 1.29 is 22.7 Å². The second-order valence-electron chi connectivity index (χ2n) is 7.48. The molecule has 168 valence electrons. The molecule has 0 unspecified atom stereocenters. The molecule has 0 fully saturated rings. The van der Waals surface area contributed by atoms with Crippen molar-refractivity contribution in [2.75, 3.05) is 19.7 Å². The molecule has 30 heavy (non-hydrogen) atoms. The quantitative estimate of drug-likeness (QED) is 0.255. The van der Waals surface area contributed by atoms with Crippen LogP contribution in [0.3, 0.4) is 0 Å². The van der Waals surface area contributed by atoms with Crippen LogP contribution >= 0.6 is 0 Å². The first-order valence-corrected chi connectivity index (χ1v) is 14.6. The summed E-state index contributed by atoms with van der Waals surface area (Å²) in [5.41, 5.74) is 0.974. The Morgan fingerprint density at radius 1 is 1.10 bits per heavy atom. The number of hydrogen-bond acceptors (Lipinski definition) is 5. The summed E-state index contributed by atoms with van der Waals surface area (Å²) < 4.78 is 33.0. The first-order valence-electron chi connectivity index (χ1n) is 10.5. The molecule has 0 N–H and O–H groups in total. The minimum absolute atomic E-state index is 0.107. The molecule has 0 radical (unpaired) electrons. The number of benzene rings is 1. The van der Waals surface area contributed by atoms with Crippen molar-refractivity contribution in [1.29, 1.82) is 0 Å². The SMILES string of the molecule is CC[Si](CC)(CC)/C(=C/CN(CCC=O)S(=O)(=O)c1ccc(C)cc1)COC(C)=O. The topological polar surface area (TPSA) is 80.8 Å². The fourth-order valence-corrected chi connectivity index (χ4v) is 8.78. The number of rotatable bonds is 13. The number of carbonyl (C=O) groups excluding carboxylic acids is 2. The van der Waals surface area contributed by atoms with Gasteiger partial charge in [-0.25, -0.2) is 8.42 Å². The van der Waals surface area contributed by atoms with Gasteiger partial charge in [0, 0.05) is 26.4 Å². The van der Waals surface area contributed by atoms with Crippen molar-refractivity contribution in [3.05, 3.63) is 41.1 Å². The van der Waals surface area contributed by atoms with Gasteiger partial charge in [0.1, 0.15) is 12.9 Å². The van der Waals surface area contributed by atoms with Crippen LogP contribution in [0.25, 0.3) is 0 Å². The standard InChI is InChI=1S/C22H35NO5SSi/c1-6-30(7-2,8-3)22(18-28-20(5)25)14-16-23(15-9-17-24)29(26,27)21-12-10-19(4)11-13-21/h10-14,17H,6-9,15-16,18H2,1-5H3/b22-14+. The number of sulfonamides is 1. The molecular weight excluding hydrogens is 418 g/mol. The van der Waals surface area contributed by atoms with Crippen LogP contribution in [0.2, 0.25) is 18.1 Å². The molecule has 0 amide bonds. The molecule has 0 aliphatic carbocycles. The van der Waals surface area contributed by atoms with E-state index in [1.807, 2.05) is 13.0 Å². The second kappa shape index (κ2) is 12.2. The van der Waals surface area contributed by atoms with Gasteiger partial charge in [-0.1, -0.05) is 62.7 Å². The first kappa shape index (κ1) is 26.3. The zero-order valence-electron chi connectivity index (χ0n) is 18.8. The Labute approximate surface area is 182 Å². The van der Waals surface area contributed by atoms with E-state index in [-0.39, 0.29) is 37.0 Å². The van der Waals surface area contributed by atoms with Gasteiger partial charge in [0.15, 0.2) is 0 Å². The number of aryl methyl sites for hydroxylation is 1. The number of esters is 1. The van der Waals surface area contributed by atoms with Gasteiger partial charge in [-0.05, 0) is 24.3 Å². The van der Waals surface area contributed by atoms with Crippen LogP contribution in [-0.2, 0) is 24.3 Å². The number of ether oxygens (including phenoxy) is 1. The highest BCUT2D eigenvalue weighted by Crippen LogP contribution is 2.29. The van der Waals surface area contributed by atoms with Crippen LogP contribution in [-0.4, -0.2) is 52.7 Å². The van der Waals surface area contributed by atoms with Gasteiger partial charge in [-0.2, -0.15) is 4.31 Å². The smallest absolute Gasteiger partial charge is 0.302 e. The summed E-state index contributed by atoms with van der Waals surface area (Å²) in [5, 5.41) is 1.06. The lowest BCUT2D eigenvalue weighted by Crippen LogP contribution is -2.39. The van der Waals surface area contributed by atoms with E-state index in [0.29, 0.717) is 0 Å². The third-order valence-corrected chi connectivity index (χ3v) is 13.5. The van der Waals surface area contributed by atoms with Gasteiger partial charge < -0.3 is 9.53 Å². The van der Waals surface area contributed by atoms with Crippen molar-refractivity contribution in [2.45, 2.75) is 64.1 Å². The summed E-state index contributed by atoms with van der Waals surface area (Å²) in [6.07, 6.45) is 2.77. The molecule has 0 atom stereocenters. The van der Waals surface area contributed by atoms with Crippen molar-refractivity contribution in [2.24, 2.45) is 0 Å². The summed E-state index contributed by atoms with van der Waals surface area (Å²) in [4.78, 5) is 22.6. The second-order valence-corrected chi connectivity index (χ2v) is 14.7. The minimum Gasteiger partial charge on any atom is -0.462 e. The lowest BCUT2D eigenvalue weighted by molar-refractivity contribution is -0.139. The highest BCUT2D eigenvalue weighted by molar-refractivity contribution is 7.89. The maximum absolute atomic E-state index is 13.2. The van der Waals surface area contributed by atoms with Crippen molar-refractivity contribution in [3.63, 3.8) is 0 Å². The number of aldehydes is 1. The molecular formula is C22H35NO5SSi. The van der Waals surface area contributed by atoms with E-state index in [4.69, 9.17) is 4.74 Å². The van der Waals surface area contributed by atoms with E-state index in [0.717, 1.165) is 35.2 Å². The van der Waals surface area contributed by atoms with Crippen LogP contribution in [0.15, 0.2) is 40.4 Å². The van der Waals surface area contributed by atoms with Gasteiger partial charge in [0.25, 0.3) is 0 Å². The van der Waals surface area contributed by atoms with Gasteiger partial charge in [0.2, 0.25) is 10.0 Å². The predicted molar refractivity (Wildman–Crippen MR) is 123 cm³/mol. The molecule has 0 saturated heterocycles. The average molecular weight is 454 g/mol. The van der Waals surface area contributed by atoms with E-state index in [2.05, 4.69) is 20.8 Å². The fourth-order valence-electron chi connectivity index (χ4n) is 3.62. The molecule has 1 rings (SSSR count). The normalized spacial score (nSPS) is 12.8. The highest BCUT2D eigenvalue weighted by Gasteiger charge is 2.32. The Kier molecular flexibility index (Phi) is 10.7. The molecule has 1 aromatic rings. The third-order valence-electron chi connectivity index (χ3n) is 5.84. The summed E-state index contributed by atoms with van der Waals surface area (Å²) >= 11 is 0. The van der Waals surface area contributed by atoms with E-state index < -0.39 is 18.1 Å². The lowest BCUT2D eigenvalue weighted by atomic mass is 10.2. The average Bonchev–Trinajstić information content (AvgIpc) is 2.72. The Morgan fingerprint density at radius 2 is 1.67 bits per heavy atom. The summed E-state index contributed by atoms with van der Waals surface area (Å²) in [5.74, 6) is -0.350. The molecule has 8 heteroatoms. The Bertz CT molecular complexity index is 821. The summed E-state index contributed by atoms with van der Waals surface area (Å²) in [7, 11) is -5.61. The molecule has 0 saturated carbocycles. The van der Waals surface area contributed by atoms with Crippen LogP contribution in [0.5, 0.6) is 0 Å². The van der Waals surface area contributed by atoms with Gasteiger partial charge in [-0.3, -0.25) is 4.79 Å². The van der Waals surface area contributed by atoms with Gasteiger partial charge in [-0.15, -0.1) is 0 Å². The van der Waals surface area contributed by atoms with Crippen molar-refractivity contribution in [3.8, 4) is 0 Å². The fraction of sp³-hybridized carbons (Fsp3) is 0.545. The van der Waals surface area contributed by atoms with Crippen LogP contribution in [0.4, 0.5) is 0 Å². The largest absolute Gasteiger partial charge is 0.462 e. The molecule has 0 heterocycles. The maximum Gasteiger partial charge on any atom is 0.302 e. The predicted octanol–water partition coefficient (Wildman–Crippen LogP) is 4.11. The number of hydrogen-bond donors (Lipinski definition) is 0. The molecule has 0 aliphatic rings. The Hall–Kier alpha value is -1.77. The summed E-state index contributed by atoms with van der Waals surface area (Å²) in [6, 6.07) is 9.67. The number of nitrogens with zero attached hydrogens (tertiary/aromatic N) is 1. The van der Waals surface area contributed by atoms with E-state index >= 15 is 0 Å². The molecule has 0 spiro atoms. The highest BCUT2D eigenvalue weighted by atomic mass is 32.2. The zero-order chi connectivity index (χ0) is 22.8. The molecule has 0 aromatic heterocycles. The lowest BCUT2D eigenvalue weighted by Gasteiger charge is -2.32. The third kappa shape index (κ3) is 6.89. The van der Waals surface area contributed by atoms with Gasteiger partial charge >= 0.3 is 5.97 Å². The summed E-state index contributed by atoms with van der Waals surface area (Å²) in [6.45, 7) is 10.2. The van der Waals surface area contributed by atoms with E-state index in [9.17, 15) is 18.0 Å². The molecule has 1 aromatic carbocycles. The molecule has 0 bridgehead atoms. The Morgan fingerprint density at radius 3 is 2.13 bits per heavy atom. The van der Waals surface area contributed by atoms with Crippen LogP contribution in [0.1, 0.15) is 39.7 Å². The first-order chi connectivity index (χ1) is 14.2.